The Morgan fingerprint density at radius 1 is 1.20 bits per heavy atom. The van der Waals surface area contributed by atoms with Gasteiger partial charge in [0, 0.05) is 12.5 Å². The number of aromatic amines is 1. The van der Waals surface area contributed by atoms with Gasteiger partial charge >= 0.3 is 0 Å². The summed E-state index contributed by atoms with van der Waals surface area (Å²) >= 11 is 0. The highest BCUT2D eigenvalue weighted by Gasteiger charge is 2.48. The molecule has 8 nitrogen and oxygen atoms in total. The summed E-state index contributed by atoms with van der Waals surface area (Å²) in [7, 11) is -1.97. The summed E-state index contributed by atoms with van der Waals surface area (Å²) in [5.41, 5.74) is 0. The Balaban J connectivity index is 1.34. The Bertz CT molecular complexity index is 944. The third-order valence-corrected chi connectivity index (χ3v) is 7.96. The normalized spacial score (nSPS) is 25.9. The molecular formula is C21H29N5O3S. The number of H-pyrrole nitrogens is 1. The number of aromatic nitrogens is 4. The number of ether oxygens (including phenoxy) is 1. The van der Waals surface area contributed by atoms with E-state index in [4.69, 9.17) is 4.74 Å². The summed E-state index contributed by atoms with van der Waals surface area (Å²) in [5.74, 6) is 2.81. The zero-order chi connectivity index (χ0) is 21.0. The molecule has 2 N–H and O–H groups in total. The van der Waals surface area contributed by atoms with Gasteiger partial charge in [-0.05, 0) is 80.5 Å². The van der Waals surface area contributed by atoms with E-state index in [1.54, 1.807) is 31.4 Å². The van der Waals surface area contributed by atoms with Crippen molar-refractivity contribution in [3.8, 4) is 5.75 Å². The zero-order valence-corrected chi connectivity index (χ0v) is 18.0. The van der Waals surface area contributed by atoms with E-state index in [-0.39, 0.29) is 6.04 Å². The van der Waals surface area contributed by atoms with Gasteiger partial charge in [0.1, 0.15) is 5.75 Å². The topological polar surface area (TPSA) is 110 Å². The van der Waals surface area contributed by atoms with Gasteiger partial charge in [0.25, 0.3) is 0 Å². The second kappa shape index (κ2) is 9.26. The van der Waals surface area contributed by atoms with Gasteiger partial charge in [-0.15, -0.1) is 10.2 Å². The van der Waals surface area contributed by atoms with E-state index in [9.17, 15) is 8.42 Å². The first-order valence-electron chi connectivity index (χ1n) is 10.6. The van der Waals surface area contributed by atoms with E-state index in [0.29, 0.717) is 28.4 Å². The number of hydrogen-bond acceptors (Lipinski definition) is 6. The van der Waals surface area contributed by atoms with Gasteiger partial charge < -0.3 is 4.74 Å². The van der Waals surface area contributed by atoms with Gasteiger partial charge in [-0.1, -0.05) is 17.4 Å². The average Bonchev–Trinajstić information content (AvgIpc) is 3.49. The van der Waals surface area contributed by atoms with Crippen LogP contribution in [0.15, 0.2) is 41.3 Å². The minimum absolute atomic E-state index is 0.0137. The van der Waals surface area contributed by atoms with Crippen molar-refractivity contribution in [2.75, 3.05) is 7.11 Å². The van der Waals surface area contributed by atoms with Crippen LogP contribution in [-0.4, -0.2) is 42.2 Å². The molecule has 0 aliphatic heterocycles. The fraction of sp³-hybridized carbons (Fsp3) is 0.571. The highest BCUT2D eigenvalue weighted by atomic mass is 32.2. The SMILES string of the molecule is COc1ccc(S(=O)(=O)N[C@H]2[C@H]3CC[C@H](C3)[C@@H]2CC=CCCCc2nn[nH]n2)cc1. The molecule has 4 atom stereocenters. The molecule has 0 unspecified atom stereocenters. The first-order chi connectivity index (χ1) is 14.6. The minimum atomic E-state index is -3.54. The van der Waals surface area contributed by atoms with Crippen molar-refractivity contribution in [3.63, 3.8) is 0 Å². The summed E-state index contributed by atoms with van der Waals surface area (Å²) in [6, 6.07) is 6.59. The van der Waals surface area contributed by atoms with E-state index in [1.165, 1.54) is 6.42 Å². The number of sulfonamides is 1. The number of aryl methyl sites for hydroxylation is 1. The number of tetrazole rings is 1. The molecule has 0 spiro atoms. The van der Waals surface area contributed by atoms with E-state index in [0.717, 1.165) is 44.3 Å². The molecule has 0 radical (unpaired) electrons. The first kappa shape index (κ1) is 21.0. The summed E-state index contributed by atoms with van der Waals surface area (Å²) in [6.07, 6.45) is 11.5. The molecule has 2 aliphatic rings. The number of nitrogens with zero attached hydrogens (tertiary/aromatic N) is 3. The smallest absolute Gasteiger partial charge is 0.240 e. The second-order valence-corrected chi connectivity index (χ2v) is 9.96. The van der Waals surface area contributed by atoms with Crippen molar-refractivity contribution in [2.45, 2.75) is 55.9 Å². The molecule has 4 rings (SSSR count). The molecule has 1 aromatic heterocycles. The number of methoxy groups -OCH3 is 1. The van der Waals surface area contributed by atoms with Crippen LogP contribution in [0.5, 0.6) is 5.75 Å². The fourth-order valence-electron chi connectivity index (χ4n) is 4.97. The predicted octanol–water partition coefficient (Wildman–Crippen LogP) is 2.87. The van der Waals surface area contributed by atoms with Crippen LogP contribution in [0.1, 0.15) is 44.3 Å². The highest BCUT2D eigenvalue weighted by Crippen LogP contribution is 2.50. The monoisotopic (exact) mass is 431 g/mol. The highest BCUT2D eigenvalue weighted by molar-refractivity contribution is 7.89. The van der Waals surface area contributed by atoms with Crippen molar-refractivity contribution in [1.82, 2.24) is 25.3 Å². The molecule has 2 aromatic rings. The number of nitrogens with one attached hydrogen (secondary N) is 2. The van der Waals surface area contributed by atoms with E-state index >= 15 is 0 Å². The number of unbranched alkanes of at least 4 members (excludes halogenated alkanes) is 1. The lowest BCUT2D eigenvalue weighted by atomic mass is 9.83. The molecule has 9 heteroatoms. The van der Waals surface area contributed by atoms with Gasteiger partial charge in [0.2, 0.25) is 10.0 Å². The molecule has 1 heterocycles. The second-order valence-electron chi connectivity index (χ2n) is 8.25. The Morgan fingerprint density at radius 2 is 2.00 bits per heavy atom. The maximum atomic E-state index is 12.9. The van der Waals surface area contributed by atoms with Crippen LogP contribution in [0, 0.1) is 17.8 Å². The van der Waals surface area contributed by atoms with Crippen LogP contribution in [0.3, 0.4) is 0 Å². The summed E-state index contributed by atoms with van der Waals surface area (Å²) in [6.45, 7) is 0. The van der Waals surface area contributed by atoms with E-state index in [1.807, 2.05) is 0 Å². The molecule has 2 aliphatic carbocycles. The first-order valence-corrected chi connectivity index (χ1v) is 12.1. The van der Waals surface area contributed by atoms with Crippen molar-refractivity contribution in [1.29, 1.82) is 0 Å². The van der Waals surface area contributed by atoms with Gasteiger partial charge in [0.05, 0.1) is 12.0 Å². The van der Waals surface area contributed by atoms with E-state index < -0.39 is 10.0 Å². The van der Waals surface area contributed by atoms with Crippen LogP contribution in [-0.2, 0) is 16.4 Å². The lowest BCUT2D eigenvalue weighted by Gasteiger charge is -2.31. The van der Waals surface area contributed by atoms with Gasteiger partial charge in [0.15, 0.2) is 5.82 Å². The molecule has 1 aromatic carbocycles. The van der Waals surface area contributed by atoms with Crippen molar-refractivity contribution in [3.05, 3.63) is 42.2 Å². The lowest BCUT2D eigenvalue weighted by Crippen LogP contribution is -2.43. The number of benzene rings is 1. The van der Waals surface area contributed by atoms with E-state index in [2.05, 4.69) is 37.5 Å². The Morgan fingerprint density at radius 3 is 2.73 bits per heavy atom. The lowest BCUT2D eigenvalue weighted by molar-refractivity contribution is 0.274. The number of fused-ring (bicyclic) bond motifs is 2. The molecule has 2 saturated carbocycles. The molecule has 30 heavy (non-hydrogen) atoms. The maximum absolute atomic E-state index is 12.9. The third-order valence-electron chi connectivity index (χ3n) is 6.48. The Labute approximate surface area is 177 Å². The average molecular weight is 432 g/mol. The van der Waals surface area contributed by atoms with Crippen LogP contribution in [0.25, 0.3) is 0 Å². The Hall–Kier alpha value is -2.26. The minimum Gasteiger partial charge on any atom is -0.497 e. The zero-order valence-electron chi connectivity index (χ0n) is 17.2. The van der Waals surface area contributed by atoms with Crippen LogP contribution in [0.2, 0.25) is 0 Å². The summed E-state index contributed by atoms with van der Waals surface area (Å²) in [4.78, 5) is 0.293. The van der Waals surface area contributed by atoms with Crippen molar-refractivity contribution >= 4 is 10.0 Å². The fourth-order valence-corrected chi connectivity index (χ4v) is 6.33. The number of allylic oxidation sites excluding steroid dienone is 2. The van der Waals surface area contributed by atoms with Crippen molar-refractivity contribution in [2.24, 2.45) is 17.8 Å². The maximum Gasteiger partial charge on any atom is 0.240 e. The number of rotatable bonds is 10. The largest absolute Gasteiger partial charge is 0.497 e. The molecular weight excluding hydrogens is 402 g/mol. The van der Waals surface area contributed by atoms with Crippen LogP contribution in [0.4, 0.5) is 0 Å². The third kappa shape index (κ3) is 4.73. The van der Waals surface area contributed by atoms with Crippen LogP contribution < -0.4 is 9.46 Å². The standard InChI is InChI=1S/C21H29N5O3S/c1-29-17-10-12-18(13-11-17)30(27,28)24-21-16-9-8-15(14-16)19(21)6-4-2-3-5-7-20-22-25-26-23-20/h2,4,10-13,15-16,19,21,24H,3,5-9,14H2,1H3,(H,22,23,25,26)/t15-,16+,19+,21+/m1/s1. The van der Waals surface area contributed by atoms with Crippen molar-refractivity contribution < 1.29 is 13.2 Å². The predicted molar refractivity (Wildman–Crippen MR) is 112 cm³/mol. The summed E-state index contributed by atoms with van der Waals surface area (Å²) in [5, 5.41) is 13.9. The molecule has 0 saturated heterocycles. The van der Waals surface area contributed by atoms with Gasteiger partial charge in [-0.25, -0.2) is 13.1 Å². The summed E-state index contributed by atoms with van der Waals surface area (Å²) < 4.78 is 34.1. The molecule has 2 bridgehead atoms. The Kier molecular flexibility index (Phi) is 6.48. The molecule has 0 amide bonds. The quantitative estimate of drug-likeness (QED) is 0.442. The molecule has 162 valence electrons. The van der Waals surface area contributed by atoms with Crippen LogP contribution >= 0.6 is 0 Å². The van der Waals surface area contributed by atoms with Gasteiger partial charge in [-0.2, -0.15) is 5.21 Å². The van der Waals surface area contributed by atoms with Gasteiger partial charge in [-0.3, -0.25) is 0 Å². The number of hydrogen-bond donors (Lipinski definition) is 2. The molecule has 2 fully saturated rings.